The van der Waals surface area contributed by atoms with Crippen LogP contribution in [-0.2, 0) is 23.1 Å². The second-order valence-corrected chi connectivity index (χ2v) is 6.52. The molecule has 0 spiro atoms. The fraction of sp³-hybridized carbons (Fsp3) is 1.00. The molecule has 2 radical (unpaired) electrons. The van der Waals surface area contributed by atoms with Crippen LogP contribution in [-0.4, -0.2) is 55.9 Å². The molecule has 1 fully saturated rings. The zero-order chi connectivity index (χ0) is 15.5. The quantitative estimate of drug-likeness (QED) is 0.568. The van der Waals surface area contributed by atoms with Gasteiger partial charge in [-0.25, -0.2) is 8.96 Å². The molecule has 1 heterocycles. The van der Waals surface area contributed by atoms with Crippen molar-refractivity contribution >= 4 is 15.7 Å². The SMILES string of the molecule is [B][C@@H]1O[C@H](COC(C)C)C(OP(=O)(O)OC(C)C)[C@H]1F. The van der Waals surface area contributed by atoms with Crippen LogP contribution in [0.25, 0.3) is 0 Å². The molecular weight excluding hydrogens is 289 g/mol. The molecule has 6 nitrogen and oxygen atoms in total. The van der Waals surface area contributed by atoms with E-state index in [9.17, 15) is 13.8 Å². The van der Waals surface area contributed by atoms with E-state index in [2.05, 4.69) is 0 Å². The summed E-state index contributed by atoms with van der Waals surface area (Å²) in [6.45, 7) is 6.75. The normalized spacial score (nSPS) is 33.8. The zero-order valence-electron chi connectivity index (χ0n) is 12.1. The molecule has 0 saturated carbocycles. The molecular formula is C11H21BFO6P. The van der Waals surface area contributed by atoms with Crippen LogP contribution in [0.15, 0.2) is 0 Å². The van der Waals surface area contributed by atoms with E-state index in [1.54, 1.807) is 27.7 Å². The van der Waals surface area contributed by atoms with Crippen molar-refractivity contribution in [2.24, 2.45) is 0 Å². The number of hydrogen-bond donors (Lipinski definition) is 1. The lowest BCUT2D eigenvalue weighted by molar-refractivity contribution is -0.0493. The maximum atomic E-state index is 13.9. The summed E-state index contributed by atoms with van der Waals surface area (Å²) in [5.41, 5.74) is 0. The molecule has 0 amide bonds. The third-order valence-electron chi connectivity index (χ3n) is 2.52. The van der Waals surface area contributed by atoms with Crippen molar-refractivity contribution in [3.8, 4) is 0 Å². The Morgan fingerprint density at radius 3 is 2.45 bits per heavy atom. The fourth-order valence-electron chi connectivity index (χ4n) is 1.74. The third kappa shape index (κ3) is 5.43. The van der Waals surface area contributed by atoms with Crippen molar-refractivity contribution in [2.45, 2.75) is 64.3 Å². The van der Waals surface area contributed by atoms with E-state index in [0.29, 0.717) is 0 Å². The van der Waals surface area contributed by atoms with Crippen molar-refractivity contribution in [1.82, 2.24) is 0 Å². The van der Waals surface area contributed by atoms with Crippen molar-refractivity contribution in [3.63, 3.8) is 0 Å². The minimum absolute atomic E-state index is 0.0120. The van der Waals surface area contributed by atoms with E-state index in [1.165, 1.54) is 0 Å². The van der Waals surface area contributed by atoms with Crippen LogP contribution < -0.4 is 0 Å². The van der Waals surface area contributed by atoms with Gasteiger partial charge in [0.1, 0.15) is 26.2 Å². The Labute approximate surface area is 119 Å². The van der Waals surface area contributed by atoms with E-state index in [0.717, 1.165) is 0 Å². The van der Waals surface area contributed by atoms with Crippen LogP contribution in [0.4, 0.5) is 4.39 Å². The zero-order valence-corrected chi connectivity index (χ0v) is 13.0. The minimum atomic E-state index is -4.38. The van der Waals surface area contributed by atoms with Gasteiger partial charge in [0.15, 0.2) is 0 Å². The fourth-order valence-corrected chi connectivity index (χ4v) is 2.88. The Kier molecular flexibility index (Phi) is 6.63. The Morgan fingerprint density at radius 1 is 1.35 bits per heavy atom. The van der Waals surface area contributed by atoms with Crippen molar-refractivity contribution < 1.29 is 32.4 Å². The van der Waals surface area contributed by atoms with Crippen molar-refractivity contribution in [3.05, 3.63) is 0 Å². The number of phosphoric acid groups is 1. The summed E-state index contributed by atoms with van der Waals surface area (Å²) in [6, 6.07) is -1.22. The van der Waals surface area contributed by atoms with E-state index in [1.807, 2.05) is 0 Å². The second-order valence-electron chi connectivity index (χ2n) is 5.16. The van der Waals surface area contributed by atoms with Gasteiger partial charge in [-0.15, -0.1) is 0 Å². The predicted molar refractivity (Wildman–Crippen MR) is 71.3 cm³/mol. The highest BCUT2D eigenvalue weighted by Crippen LogP contribution is 2.48. The Bertz CT molecular complexity index is 356. The Balaban J connectivity index is 2.69. The molecule has 20 heavy (non-hydrogen) atoms. The second kappa shape index (κ2) is 7.34. The number of hydrogen-bond acceptors (Lipinski definition) is 5. The first kappa shape index (κ1) is 18.1. The van der Waals surface area contributed by atoms with Gasteiger partial charge < -0.3 is 14.4 Å². The minimum Gasteiger partial charge on any atom is -0.376 e. The number of halogens is 1. The van der Waals surface area contributed by atoms with E-state index in [4.69, 9.17) is 26.4 Å². The molecule has 9 heteroatoms. The Hall–Kier alpha value is 0.0249. The summed E-state index contributed by atoms with van der Waals surface area (Å²) in [5, 5.41) is 0. The number of phosphoric ester groups is 1. The monoisotopic (exact) mass is 310 g/mol. The van der Waals surface area contributed by atoms with E-state index in [-0.39, 0.29) is 12.7 Å². The average molecular weight is 310 g/mol. The molecule has 0 aromatic heterocycles. The predicted octanol–water partition coefficient (Wildman–Crippen LogP) is 1.55. The first-order valence-electron chi connectivity index (χ1n) is 6.48. The van der Waals surface area contributed by atoms with Crippen LogP contribution in [0.3, 0.4) is 0 Å². The standard InChI is InChI=1S/C11H21BFO6P/c1-6(2)16-5-8-10(9(13)11(12)17-8)19-20(14,15)18-7(3)4/h6-11H,5H2,1-4H3,(H,14,15)/t8-,9-,10?,11-/m1/s1. The molecule has 116 valence electrons. The summed E-state index contributed by atoms with van der Waals surface area (Å²) in [7, 11) is 1.06. The van der Waals surface area contributed by atoms with Crippen LogP contribution in [0, 0.1) is 0 Å². The molecule has 2 unspecified atom stereocenters. The van der Waals surface area contributed by atoms with Gasteiger partial charge in [0.25, 0.3) is 0 Å². The first-order valence-corrected chi connectivity index (χ1v) is 7.98. The molecule has 1 aliphatic rings. The highest BCUT2D eigenvalue weighted by Gasteiger charge is 2.47. The van der Waals surface area contributed by atoms with Crippen LogP contribution in [0.1, 0.15) is 27.7 Å². The molecule has 0 bridgehead atoms. The number of rotatable bonds is 7. The van der Waals surface area contributed by atoms with Crippen molar-refractivity contribution in [2.75, 3.05) is 6.61 Å². The molecule has 0 aromatic rings. The third-order valence-corrected chi connectivity index (χ3v) is 3.72. The molecule has 5 atom stereocenters. The van der Waals surface area contributed by atoms with Crippen molar-refractivity contribution in [1.29, 1.82) is 0 Å². The number of ether oxygens (including phenoxy) is 2. The molecule has 1 N–H and O–H groups in total. The summed E-state index contributed by atoms with van der Waals surface area (Å²) < 4.78 is 45.7. The lowest BCUT2D eigenvalue weighted by atomic mass is 9.94. The maximum Gasteiger partial charge on any atom is 0.472 e. The lowest BCUT2D eigenvalue weighted by Gasteiger charge is -2.23. The van der Waals surface area contributed by atoms with Gasteiger partial charge in [-0.3, -0.25) is 9.05 Å². The molecule has 0 aliphatic carbocycles. The van der Waals surface area contributed by atoms with Gasteiger partial charge in [0.05, 0.1) is 24.8 Å². The summed E-state index contributed by atoms with van der Waals surface area (Å²) >= 11 is 0. The lowest BCUT2D eigenvalue weighted by Crippen LogP contribution is -2.35. The van der Waals surface area contributed by atoms with Gasteiger partial charge in [-0.2, -0.15) is 0 Å². The Morgan fingerprint density at radius 2 is 1.95 bits per heavy atom. The first-order chi connectivity index (χ1) is 9.12. The highest BCUT2D eigenvalue weighted by molar-refractivity contribution is 7.47. The van der Waals surface area contributed by atoms with E-state index >= 15 is 0 Å². The van der Waals surface area contributed by atoms with Gasteiger partial charge in [-0.1, -0.05) is 0 Å². The smallest absolute Gasteiger partial charge is 0.376 e. The van der Waals surface area contributed by atoms with Crippen LogP contribution in [0.2, 0.25) is 0 Å². The topological polar surface area (TPSA) is 74.2 Å². The maximum absolute atomic E-state index is 13.9. The van der Waals surface area contributed by atoms with Gasteiger partial charge in [0, 0.05) is 0 Å². The highest BCUT2D eigenvalue weighted by atomic mass is 31.2. The van der Waals surface area contributed by atoms with Gasteiger partial charge >= 0.3 is 7.82 Å². The summed E-state index contributed by atoms with van der Waals surface area (Å²) in [6.07, 6.45) is -4.53. The molecule has 1 aliphatic heterocycles. The summed E-state index contributed by atoms with van der Waals surface area (Å²) in [4.78, 5) is 9.55. The largest absolute Gasteiger partial charge is 0.472 e. The van der Waals surface area contributed by atoms with E-state index < -0.39 is 38.3 Å². The van der Waals surface area contributed by atoms with Gasteiger partial charge in [0.2, 0.25) is 0 Å². The molecule has 1 saturated heterocycles. The number of alkyl halides is 1. The van der Waals surface area contributed by atoms with Gasteiger partial charge in [-0.05, 0) is 27.7 Å². The molecule has 1 rings (SSSR count). The van der Waals surface area contributed by atoms with Crippen LogP contribution >= 0.6 is 7.82 Å². The van der Waals surface area contributed by atoms with Crippen LogP contribution in [0.5, 0.6) is 0 Å². The summed E-state index contributed by atoms with van der Waals surface area (Å²) in [5.74, 6) is 0. The average Bonchev–Trinajstić information content (AvgIpc) is 2.52. The molecule has 0 aromatic carbocycles.